The summed E-state index contributed by atoms with van der Waals surface area (Å²) in [5.41, 5.74) is 0.903. The first kappa shape index (κ1) is 16.4. The lowest BCUT2D eigenvalue weighted by Gasteiger charge is -2.26. The van der Waals surface area contributed by atoms with E-state index in [9.17, 15) is 5.11 Å². The largest absolute Gasteiger partial charge is 0.490 e. The Bertz CT molecular complexity index is 411. The summed E-state index contributed by atoms with van der Waals surface area (Å²) < 4.78 is 5.89. The molecule has 0 radical (unpaired) electrons. The molecule has 0 amide bonds. The van der Waals surface area contributed by atoms with Gasteiger partial charge in [0, 0.05) is 13.1 Å². The van der Waals surface area contributed by atoms with Gasteiger partial charge in [-0.1, -0.05) is 18.6 Å². The van der Waals surface area contributed by atoms with Crippen LogP contribution in [0.1, 0.15) is 19.3 Å². The molecular formula is C16H25ClN2O2. The van der Waals surface area contributed by atoms with Crippen LogP contribution in [0.5, 0.6) is 5.75 Å². The standard InChI is InChI=1S/C16H25ClN2O2/c17-12-14(20)13-18-15-6-2-3-7-16(15)21-11-10-19-8-4-1-5-9-19/h2-3,6-7,14,18,20H,1,4-5,8-13H2. The number of aliphatic hydroxyl groups is 1. The van der Waals surface area contributed by atoms with Crippen molar-refractivity contribution in [2.24, 2.45) is 0 Å². The SMILES string of the molecule is OC(CCl)CNc1ccccc1OCCN1CCCCC1. The third-order valence-corrected chi connectivity index (χ3v) is 4.06. The number of anilines is 1. The average Bonchev–Trinajstić information content (AvgIpc) is 2.54. The molecular weight excluding hydrogens is 288 g/mol. The second-order valence-electron chi connectivity index (χ2n) is 5.44. The van der Waals surface area contributed by atoms with Crippen molar-refractivity contribution >= 4 is 17.3 Å². The van der Waals surface area contributed by atoms with E-state index in [0.29, 0.717) is 13.2 Å². The van der Waals surface area contributed by atoms with Gasteiger partial charge in [0.15, 0.2) is 0 Å². The first-order valence-electron chi connectivity index (χ1n) is 7.71. The Morgan fingerprint density at radius 1 is 1.24 bits per heavy atom. The first-order valence-corrected chi connectivity index (χ1v) is 8.25. The lowest BCUT2D eigenvalue weighted by Crippen LogP contribution is -2.33. The van der Waals surface area contributed by atoms with E-state index < -0.39 is 6.10 Å². The van der Waals surface area contributed by atoms with Crippen LogP contribution in [0.4, 0.5) is 5.69 Å². The number of para-hydroxylation sites is 2. The molecule has 2 rings (SSSR count). The van der Waals surface area contributed by atoms with Gasteiger partial charge in [0.25, 0.3) is 0 Å². The Balaban J connectivity index is 1.78. The molecule has 1 aliphatic heterocycles. The number of halogens is 1. The molecule has 2 N–H and O–H groups in total. The molecule has 118 valence electrons. The summed E-state index contributed by atoms with van der Waals surface area (Å²) in [7, 11) is 0. The van der Waals surface area contributed by atoms with Gasteiger partial charge in [-0.2, -0.15) is 0 Å². The summed E-state index contributed by atoms with van der Waals surface area (Å²) in [6, 6.07) is 7.81. The number of alkyl halides is 1. The van der Waals surface area contributed by atoms with E-state index in [4.69, 9.17) is 16.3 Å². The van der Waals surface area contributed by atoms with Gasteiger partial charge in [-0.15, -0.1) is 11.6 Å². The maximum Gasteiger partial charge on any atom is 0.142 e. The summed E-state index contributed by atoms with van der Waals surface area (Å²) in [4.78, 5) is 2.46. The topological polar surface area (TPSA) is 44.7 Å². The summed E-state index contributed by atoms with van der Waals surface area (Å²) in [6.07, 6.45) is 3.41. The number of ether oxygens (including phenoxy) is 1. The number of nitrogens with zero attached hydrogens (tertiary/aromatic N) is 1. The second-order valence-corrected chi connectivity index (χ2v) is 5.74. The minimum Gasteiger partial charge on any atom is -0.490 e. The summed E-state index contributed by atoms with van der Waals surface area (Å²) >= 11 is 5.60. The zero-order chi connectivity index (χ0) is 14.9. The number of rotatable bonds is 8. The van der Waals surface area contributed by atoms with Crippen LogP contribution in [0.15, 0.2) is 24.3 Å². The van der Waals surface area contributed by atoms with E-state index in [1.54, 1.807) is 0 Å². The molecule has 4 nitrogen and oxygen atoms in total. The molecule has 1 aromatic carbocycles. The van der Waals surface area contributed by atoms with Crippen molar-refractivity contribution in [1.29, 1.82) is 0 Å². The second kappa shape index (κ2) is 9.13. The van der Waals surface area contributed by atoms with Gasteiger partial charge in [0.05, 0.1) is 17.7 Å². The van der Waals surface area contributed by atoms with Gasteiger partial charge >= 0.3 is 0 Å². The smallest absolute Gasteiger partial charge is 0.142 e. The number of aliphatic hydroxyl groups excluding tert-OH is 1. The van der Waals surface area contributed by atoms with E-state index in [2.05, 4.69) is 10.2 Å². The highest BCUT2D eigenvalue weighted by Crippen LogP contribution is 2.23. The van der Waals surface area contributed by atoms with Crippen molar-refractivity contribution in [3.8, 4) is 5.75 Å². The predicted molar refractivity (Wildman–Crippen MR) is 87.4 cm³/mol. The Morgan fingerprint density at radius 3 is 2.76 bits per heavy atom. The number of hydrogen-bond donors (Lipinski definition) is 2. The maximum atomic E-state index is 9.51. The number of piperidine rings is 1. The van der Waals surface area contributed by atoms with Crippen LogP contribution in [0.2, 0.25) is 0 Å². The van der Waals surface area contributed by atoms with Gasteiger partial charge in [-0.25, -0.2) is 0 Å². The summed E-state index contributed by atoms with van der Waals surface area (Å²) in [5.74, 6) is 1.06. The van der Waals surface area contributed by atoms with E-state index in [1.807, 2.05) is 24.3 Å². The Morgan fingerprint density at radius 2 is 2.00 bits per heavy atom. The Kier molecular flexibility index (Phi) is 7.13. The first-order chi connectivity index (χ1) is 10.3. The lowest BCUT2D eigenvalue weighted by molar-refractivity contribution is 0.183. The van der Waals surface area contributed by atoms with E-state index in [1.165, 1.54) is 32.4 Å². The van der Waals surface area contributed by atoms with Crippen LogP contribution in [0.3, 0.4) is 0 Å². The highest BCUT2D eigenvalue weighted by molar-refractivity contribution is 6.18. The summed E-state index contributed by atoms with van der Waals surface area (Å²) in [5, 5.41) is 12.7. The molecule has 21 heavy (non-hydrogen) atoms. The van der Waals surface area contributed by atoms with Crippen LogP contribution in [0, 0.1) is 0 Å². The minimum absolute atomic E-state index is 0.227. The number of benzene rings is 1. The molecule has 1 aliphatic rings. The third-order valence-electron chi connectivity index (χ3n) is 3.71. The zero-order valence-corrected chi connectivity index (χ0v) is 13.2. The van der Waals surface area contributed by atoms with Gasteiger partial charge in [-0.05, 0) is 38.1 Å². The molecule has 1 unspecified atom stereocenters. The fourth-order valence-corrected chi connectivity index (χ4v) is 2.60. The van der Waals surface area contributed by atoms with Crippen LogP contribution in [0.25, 0.3) is 0 Å². The monoisotopic (exact) mass is 312 g/mol. The van der Waals surface area contributed by atoms with Crippen molar-refractivity contribution in [3.05, 3.63) is 24.3 Å². The van der Waals surface area contributed by atoms with Crippen molar-refractivity contribution in [2.45, 2.75) is 25.4 Å². The molecule has 0 aliphatic carbocycles. The molecule has 1 heterocycles. The Labute approximate surface area is 132 Å². The highest BCUT2D eigenvalue weighted by Gasteiger charge is 2.10. The fraction of sp³-hybridized carbons (Fsp3) is 0.625. The zero-order valence-electron chi connectivity index (χ0n) is 12.4. The quantitative estimate of drug-likeness (QED) is 0.724. The molecule has 5 heteroatoms. The molecule has 1 fully saturated rings. The summed E-state index contributed by atoms with van der Waals surface area (Å²) in [6.45, 7) is 4.46. The van der Waals surface area contributed by atoms with Gasteiger partial charge < -0.3 is 15.2 Å². The molecule has 1 aromatic rings. The van der Waals surface area contributed by atoms with E-state index >= 15 is 0 Å². The van der Waals surface area contributed by atoms with Crippen LogP contribution >= 0.6 is 11.6 Å². The highest BCUT2D eigenvalue weighted by atomic mass is 35.5. The van der Waals surface area contributed by atoms with Crippen molar-refractivity contribution in [1.82, 2.24) is 4.90 Å². The minimum atomic E-state index is -0.548. The molecule has 0 saturated carbocycles. The van der Waals surface area contributed by atoms with Gasteiger partial charge in [-0.3, -0.25) is 4.90 Å². The van der Waals surface area contributed by atoms with Crippen LogP contribution in [-0.4, -0.2) is 54.8 Å². The van der Waals surface area contributed by atoms with Crippen LogP contribution < -0.4 is 10.1 Å². The van der Waals surface area contributed by atoms with E-state index in [0.717, 1.165) is 18.0 Å². The number of likely N-dealkylation sites (tertiary alicyclic amines) is 1. The fourth-order valence-electron chi connectivity index (χ4n) is 2.49. The average molecular weight is 313 g/mol. The molecule has 0 aromatic heterocycles. The van der Waals surface area contributed by atoms with Gasteiger partial charge in [0.1, 0.15) is 12.4 Å². The van der Waals surface area contributed by atoms with E-state index in [-0.39, 0.29) is 5.88 Å². The lowest BCUT2D eigenvalue weighted by atomic mass is 10.1. The number of hydrogen-bond acceptors (Lipinski definition) is 4. The molecule has 1 atom stereocenters. The van der Waals surface area contributed by atoms with Crippen LogP contribution in [-0.2, 0) is 0 Å². The normalized spacial score (nSPS) is 17.4. The van der Waals surface area contributed by atoms with Crippen molar-refractivity contribution in [2.75, 3.05) is 44.0 Å². The van der Waals surface area contributed by atoms with Crippen molar-refractivity contribution < 1.29 is 9.84 Å². The Hall–Kier alpha value is -0.970. The third kappa shape index (κ3) is 5.73. The van der Waals surface area contributed by atoms with Crippen molar-refractivity contribution in [3.63, 3.8) is 0 Å². The molecule has 0 bridgehead atoms. The maximum absolute atomic E-state index is 9.51. The molecule has 1 saturated heterocycles. The predicted octanol–water partition coefficient (Wildman–Crippen LogP) is 2.56. The van der Waals surface area contributed by atoms with Gasteiger partial charge in [0.2, 0.25) is 0 Å². The molecule has 0 spiro atoms. The number of nitrogens with one attached hydrogen (secondary N) is 1.